The lowest BCUT2D eigenvalue weighted by molar-refractivity contribution is 0.0982. The predicted molar refractivity (Wildman–Crippen MR) is 60.5 cm³/mol. The highest BCUT2D eigenvalue weighted by Gasteiger charge is 2.14. The Hall–Kier alpha value is 0.310. The fourth-order valence-electron chi connectivity index (χ4n) is 1.92. The first-order chi connectivity index (χ1) is 6.43. The summed E-state index contributed by atoms with van der Waals surface area (Å²) < 4.78 is 5.64. The van der Waals surface area contributed by atoms with E-state index < -0.39 is 0 Å². The van der Waals surface area contributed by atoms with Gasteiger partial charge in [0, 0.05) is 13.2 Å². The summed E-state index contributed by atoms with van der Waals surface area (Å²) in [5.74, 6) is 1.90. The highest BCUT2D eigenvalue weighted by molar-refractivity contribution is 7.80. The Labute approximate surface area is 87.7 Å². The SMILES string of the molecule is SCCCCCOCC1CCCC1. The number of thiol groups is 1. The van der Waals surface area contributed by atoms with Gasteiger partial charge in [0.2, 0.25) is 0 Å². The Kier molecular flexibility index (Phi) is 6.73. The zero-order valence-corrected chi connectivity index (χ0v) is 9.40. The van der Waals surface area contributed by atoms with E-state index in [4.69, 9.17) is 4.74 Å². The molecular formula is C11H22OS. The van der Waals surface area contributed by atoms with E-state index in [2.05, 4.69) is 12.6 Å². The summed E-state index contributed by atoms with van der Waals surface area (Å²) in [6.07, 6.45) is 9.37. The minimum atomic E-state index is 0.880. The standard InChI is InChI=1S/C11H22OS/c13-9-5-1-4-8-12-10-11-6-2-3-7-11/h11,13H,1-10H2. The molecule has 1 nitrogen and oxygen atoms in total. The first-order valence-corrected chi connectivity index (χ1v) is 6.25. The van der Waals surface area contributed by atoms with Crippen molar-refractivity contribution < 1.29 is 4.74 Å². The van der Waals surface area contributed by atoms with E-state index in [9.17, 15) is 0 Å². The van der Waals surface area contributed by atoms with Gasteiger partial charge in [0.1, 0.15) is 0 Å². The van der Waals surface area contributed by atoms with E-state index in [0.29, 0.717) is 0 Å². The van der Waals surface area contributed by atoms with Gasteiger partial charge in [-0.3, -0.25) is 0 Å². The first kappa shape index (κ1) is 11.4. The van der Waals surface area contributed by atoms with Crippen molar-refractivity contribution in [2.24, 2.45) is 5.92 Å². The molecule has 1 rings (SSSR count). The molecule has 0 aromatic heterocycles. The number of hydrogen-bond donors (Lipinski definition) is 1. The van der Waals surface area contributed by atoms with Crippen LogP contribution in [0.5, 0.6) is 0 Å². The molecule has 0 spiro atoms. The predicted octanol–water partition coefficient (Wildman–Crippen LogP) is 3.29. The Morgan fingerprint density at radius 1 is 1.08 bits per heavy atom. The Balaban J connectivity index is 1.78. The quantitative estimate of drug-likeness (QED) is 0.492. The summed E-state index contributed by atoms with van der Waals surface area (Å²) in [6.45, 7) is 1.98. The summed E-state index contributed by atoms with van der Waals surface area (Å²) in [5.41, 5.74) is 0. The van der Waals surface area contributed by atoms with E-state index in [1.54, 1.807) is 0 Å². The maximum atomic E-state index is 5.64. The highest BCUT2D eigenvalue weighted by atomic mass is 32.1. The molecule has 0 amide bonds. The third kappa shape index (κ3) is 5.58. The van der Waals surface area contributed by atoms with Crippen LogP contribution >= 0.6 is 12.6 Å². The van der Waals surface area contributed by atoms with Crippen LogP contribution in [0.2, 0.25) is 0 Å². The van der Waals surface area contributed by atoms with Crippen LogP contribution < -0.4 is 0 Å². The normalized spacial score (nSPS) is 18.2. The van der Waals surface area contributed by atoms with Crippen LogP contribution in [0, 0.1) is 5.92 Å². The molecule has 0 bridgehead atoms. The zero-order valence-electron chi connectivity index (χ0n) is 8.50. The summed E-state index contributed by atoms with van der Waals surface area (Å²) >= 11 is 4.18. The summed E-state index contributed by atoms with van der Waals surface area (Å²) in [6, 6.07) is 0. The molecule has 1 fully saturated rings. The van der Waals surface area contributed by atoms with Gasteiger partial charge in [-0.05, 0) is 37.4 Å². The van der Waals surface area contributed by atoms with Crippen molar-refractivity contribution in [3.05, 3.63) is 0 Å². The van der Waals surface area contributed by atoms with E-state index in [1.807, 2.05) is 0 Å². The minimum Gasteiger partial charge on any atom is -0.381 e. The molecule has 13 heavy (non-hydrogen) atoms. The Morgan fingerprint density at radius 2 is 1.85 bits per heavy atom. The third-order valence-electron chi connectivity index (χ3n) is 2.78. The van der Waals surface area contributed by atoms with Gasteiger partial charge < -0.3 is 4.74 Å². The van der Waals surface area contributed by atoms with Crippen LogP contribution in [0.3, 0.4) is 0 Å². The maximum absolute atomic E-state index is 5.64. The molecule has 0 aromatic carbocycles. The van der Waals surface area contributed by atoms with Crippen molar-refractivity contribution in [2.75, 3.05) is 19.0 Å². The second kappa shape index (κ2) is 7.69. The van der Waals surface area contributed by atoms with Gasteiger partial charge in [0.05, 0.1) is 0 Å². The zero-order chi connectivity index (χ0) is 9.36. The molecule has 0 atom stereocenters. The van der Waals surface area contributed by atoms with Gasteiger partial charge in [-0.1, -0.05) is 19.3 Å². The van der Waals surface area contributed by atoms with Crippen molar-refractivity contribution in [3.63, 3.8) is 0 Å². The van der Waals surface area contributed by atoms with Crippen LogP contribution in [0.4, 0.5) is 0 Å². The van der Waals surface area contributed by atoms with Gasteiger partial charge in [-0.25, -0.2) is 0 Å². The summed E-state index contributed by atoms with van der Waals surface area (Å²) in [7, 11) is 0. The van der Waals surface area contributed by atoms with Crippen molar-refractivity contribution in [3.8, 4) is 0 Å². The van der Waals surface area contributed by atoms with Crippen molar-refractivity contribution >= 4 is 12.6 Å². The molecule has 0 aromatic rings. The molecule has 1 aliphatic carbocycles. The average Bonchev–Trinajstić information content (AvgIpc) is 2.63. The molecule has 0 radical (unpaired) electrons. The third-order valence-corrected chi connectivity index (χ3v) is 3.09. The minimum absolute atomic E-state index is 0.880. The summed E-state index contributed by atoms with van der Waals surface area (Å²) in [5, 5.41) is 0. The van der Waals surface area contributed by atoms with Crippen molar-refractivity contribution in [1.82, 2.24) is 0 Å². The van der Waals surface area contributed by atoms with E-state index in [0.717, 1.165) is 24.9 Å². The van der Waals surface area contributed by atoms with E-state index in [-0.39, 0.29) is 0 Å². The number of hydrogen-bond acceptors (Lipinski definition) is 2. The lowest BCUT2D eigenvalue weighted by Crippen LogP contribution is -2.06. The topological polar surface area (TPSA) is 9.23 Å². The van der Waals surface area contributed by atoms with Gasteiger partial charge >= 0.3 is 0 Å². The Morgan fingerprint density at radius 3 is 2.54 bits per heavy atom. The maximum Gasteiger partial charge on any atom is 0.0494 e. The van der Waals surface area contributed by atoms with Crippen LogP contribution in [0.25, 0.3) is 0 Å². The molecule has 78 valence electrons. The first-order valence-electron chi connectivity index (χ1n) is 5.62. The molecule has 0 unspecified atom stereocenters. The van der Waals surface area contributed by atoms with Gasteiger partial charge in [0.15, 0.2) is 0 Å². The van der Waals surface area contributed by atoms with E-state index in [1.165, 1.54) is 44.9 Å². The number of rotatable bonds is 7. The largest absolute Gasteiger partial charge is 0.381 e. The number of unbranched alkanes of at least 4 members (excludes halogenated alkanes) is 2. The molecule has 0 heterocycles. The van der Waals surface area contributed by atoms with Crippen molar-refractivity contribution in [2.45, 2.75) is 44.9 Å². The number of ether oxygens (including phenoxy) is 1. The van der Waals surface area contributed by atoms with Gasteiger partial charge in [-0.2, -0.15) is 12.6 Å². The fraction of sp³-hybridized carbons (Fsp3) is 1.00. The molecule has 2 heteroatoms. The van der Waals surface area contributed by atoms with Crippen LogP contribution in [-0.4, -0.2) is 19.0 Å². The second-order valence-electron chi connectivity index (χ2n) is 4.01. The average molecular weight is 202 g/mol. The van der Waals surface area contributed by atoms with Gasteiger partial charge in [-0.15, -0.1) is 0 Å². The van der Waals surface area contributed by atoms with Gasteiger partial charge in [0.25, 0.3) is 0 Å². The lowest BCUT2D eigenvalue weighted by Gasteiger charge is -2.09. The lowest BCUT2D eigenvalue weighted by atomic mass is 10.1. The molecule has 0 N–H and O–H groups in total. The Bertz CT molecular complexity index is 111. The smallest absolute Gasteiger partial charge is 0.0494 e. The van der Waals surface area contributed by atoms with Crippen LogP contribution in [0.1, 0.15) is 44.9 Å². The molecule has 0 saturated heterocycles. The van der Waals surface area contributed by atoms with Crippen LogP contribution in [-0.2, 0) is 4.74 Å². The molecule has 1 saturated carbocycles. The molecule has 1 aliphatic rings. The van der Waals surface area contributed by atoms with E-state index >= 15 is 0 Å². The summed E-state index contributed by atoms with van der Waals surface area (Å²) in [4.78, 5) is 0. The molecule has 0 aliphatic heterocycles. The monoisotopic (exact) mass is 202 g/mol. The van der Waals surface area contributed by atoms with Crippen LogP contribution in [0.15, 0.2) is 0 Å². The fourth-order valence-corrected chi connectivity index (χ4v) is 2.14. The second-order valence-corrected chi connectivity index (χ2v) is 4.46. The highest BCUT2D eigenvalue weighted by Crippen LogP contribution is 2.24. The molecular weight excluding hydrogens is 180 g/mol. The van der Waals surface area contributed by atoms with Crippen molar-refractivity contribution in [1.29, 1.82) is 0 Å².